The van der Waals surface area contributed by atoms with Gasteiger partial charge in [0.2, 0.25) is 0 Å². The number of hydrogen-bond acceptors (Lipinski definition) is 6. The second-order valence-electron chi connectivity index (χ2n) is 4.71. The third-order valence-electron chi connectivity index (χ3n) is 3.05. The number of nitrogen functional groups attached to an aromatic ring is 1. The van der Waals surface area contributed by atoms with E-state index in [4.69, 9.17) is 10.6 Å². The van der Waals surface area contributed by atoms with Gasteiger partial charge in [-0.1, -0.05) is 20.3 Å². The molecule has 0 saturated heterocycles. The second kappa shape index (κ2) is 9.50. The molecule has 0 fully saturated rings. The second-order valence-corrected chi connectivity index (χ2v) is 4.71. The third kappa shape index (κ3) is 5.30. The van der Waals surface area contributed by atoms with Gasteiger partial charge in [0.1, 0.15) is 17.5 Å². The molecule has 0 atom stereocenters. The van der Waals surface area contributed by atoms with E-state index in [-0.39, 0.29) is 0 Å². The van der Waals surface area contributed by atoms with Crippen molar-refractivity contribution in [2.45, 2.75) is 46.5 Å². The maximum atomic E-state index is 5.53. The first kappa shape index (κ1) is 16.7. The fraction of sp³-hybridized carbons (Fsp3) is 0.714. The molecule has 0 bridgehead atoms. The summed E-state index contributed by atoms with van der Waals surface area (Å²) in [6.45, 7) is 8.60. The highest BCUT2D eigenvalue weighted by molar-refractivity contribution is 5.56. The summed E-state index contributed by atoms with van der Waals surface area (Å²) in [6.07, 6.45) is 4.04. The monoisotopic (exact) mass is 281 g/mol. The molecule has 0 aliphatic carbocycles. The van der Waals surface area contributed by atoms with Gasteiger partial charge in [-0.25, -0.2) is 15.8 Å². The van der Waals surface area contributed by atoms with Crippen molar-refractivity contribution in [3.8, 4) is 0 Å². The van der Waals surface area contributed by atoms with Crippen LogP contribution in [0.25, 0.3) is 0 Å². The van der Waals surface area contributed by atoms with E-state index in [2.05, 4.69) is 27.6 Å². The Bertz CT molecular complexity index is 397. The van der Waals surface area contributed by atoms with Gasteiger partial charge in [0.05, 0.1) is 0 Å². The third-order valence-corrected chi connectivity index (χ3v) is 3.05. The van der Waals surface area contributed by atoms with Crippen LogP contribution in [0, 0.1) is 6.92 Å². The first-order chi connectivity index (χ1) is 9.72. The summed E-state index contributed by atoms with van der Waals surface area (Å²) in [5.74, 6) is 7.79. The minimum atomic E-state index is 0.679. The Kier molecular flexibility index (Phi) is 7.91. The van der Waals surface area contributed by atoms with Crippen LogP contribution in [0.15, 0.2) is 0 Å². The van der Waals surface area contributed by atoms with Crippen molar-refractivity contribution in [2.75, 3.05) is 30.5 Å². The number of hydrogen-bond donors (Lipinski definition) is 3. The molecule has 1 rings (SSSR count). The van der Waals surface area contributed by atoms with Crippen molar-refractivity contribution < 1.29 is 4.74 Å². The summed E-state index contributed by atoms with van der Waals surface area (Å²) in [6, 6.07) is 0. The molecule has 1 heterocycles. The molecule has 0 aliphatic rings. The van der Waals surface area contributed by atoms with E-state index in [1.54, 1.807) is 0 Å². The van der Waals surface area contributed by atoms with Crippen LogP contribution >= 0.6 is 0 Å². The fourth-order valence-corrected chi connectivity index (χ4v) is 1.76. The lowest BCUT2D eigenvalue weighted by atomic mass is 10.3. The zero-order chi connectivity index (χ0) is 14.8. The Labute approximate surface area is 121 Å². The van der Waals surface area contributed by atoms with Crippen LogP contribution in [0.3, 0.4) is 0 Å². The summed E-state index contributed by atoms with van der Waals surface area (Å²) >= 11 is 0. The zero-order valence-corrected chi connectivity index (χ0v) is 12.8. The number of hydrazine groups is 1. The summed E-state index contributed by atoms with van der Waals surface area (Å²) < 4.78 is 5.53. The molecule has 0 aromatic carbocycles. The molecule has 114 valence electrons. The molecular weight excluding hydrogens is 254 g/mol. The van der Waals surface area contributed by atoms with Crippen molar-refractivity contribution in [3.05, 3.63) is 11.4 Å². The van der Waals surface area contributed by atoms with E-state index in [0.717, 1.165) is 56.2 Å². The van der Waals surface area contributed by atoms with Gasteiger partial charge in [-0.15, -0.1) is 0 Å². The first-order valence-electron chi connectivity index (χ1n) is 7.38. The van der Waals surface area contributed by atoms with Crippen molar-refractivity contribution in [3.63, 3.8) is 0 Å². The maximum absolute atomic E-state index is 5.53. The molecular formula is C14H27N5O. The Morgan fingerprint density at radius 3 is 2.45 bits per heavy atom. The molecule has 0 aliphatic heterocycles. The van der Waals surface area contributed by atoms with Gasteiger partial charge < -0.3 is 15.5 Å². The van der Waals surface area contributed by atoms with Crippen LogP contribution in [0.2, 0.25) is 0 Å². The van der Waals surface area contributed by atoms with Crippen LogP contribution in [0.5, 0.6) is 0 Å². The highest BCUT2D eigenvalue weighted by Gasteiger charge is 2.08. The van der Waals surface area contributed by atoms with Crippen LogP contribution < -0.4 is 16.6 Å². The van der Waals surface area contributed by atoms with Crippen molar-refractivity contribution in [1.82, 2.24) is 9.97 Å². The average molecular weight is 281 g/mol. The lowest BCUT2D eigenvalue weighted by molar-refractivity contribution is 0.131. The number of nitrogens with zero attached hydrogens (tertiary/aromatic N) is 2. The predicted octanol–water partition coefficient (Wildman–Crippen LogP) is 2.25. The van der Waals surface area contributed by atoms with Gasteiger partial charge in [-0.2, -0.15) is 0 Å². The van der Waals surface area contributed by atoms with Crippen LogP contribution in [-0.4, -0.2) is 29.7 Å². The quantitative estimate of drug-likeness (QED) is 0.346. The number of ether oxygens (including phenoxy) is 1. The molecule has 1 aromatic heterocycles. The molecule has 0 spiro atoms. The van der Waals surface area contributed by atoms with Gasteiger partial charge in [0.25, 0.3) is 0 Å². The minimum absolute atomic E-state index is 0.679. The van der Waals surface area contributed by atoms with Gasteiger partial charge in [-0.05, 0) is 19.8 Å². The molecule has 0 saturated carbocycles. The Balaban J connectivity index is 2.43. The van der Waals surface area contributed by atoms with Crippen molar-refractivity contribution >= 4 is 11.6 Å². The molecule has 6 nitrogen and oxygen atoms in total. The largest absolute Gasteiger partial charge is 0.381 e. The van der Waals surface area contributed by atoms with E-state index < -0.39 is 0 Å². The lowest BCUT2D eigenvalue weighted by Gasteiger charge is -2.13. The molecule has 1 aromatic rings. The highest BCUT2D eigenvalue weighted by atomic mass is 16.5. The van der Waals surface area contributed by atoms with E-state index >= 15 is 0 Å². The number of anilines is 2. The molecule has 20 heavy (non-hydrogen) atoms. The Morgan fingerprint density at radius 2 is 1.80 bits per heavy atom. The topological polar surface area (TPSA) is 85.1 Å². The maximum Gasteiger partial charge on any atom is 0.148 e. The first-order valence-corrected chi connectivity index (χ1v) is 7.38. The smallest absolute Gasteiger partial charge is 0.148 e. The van der Waals surface area contributed by atoms with Gasteiger partial charge >= 0.3 is 0 Å². The summed E-state index contributed by atoms with van der Waals surface area (Å²) in [4.78, 5) is 8.82. The van der Waals surface area contributed by atoms with E-state index in [0.29, 0.717) is 5.82 Å². The van der Waals surface area contributed by atoms with E-state index in [9.17, 15) is 0 Å². The van der Waals surface area contributed by atoms with Crippen LogP contribution in [-0.2, 0) is 11.2 Å². The highest BCUT2D eigenvalue weighted by Crippen LogP contribution is 2.19. The number of nitrogens with two attached hydrogens (primary N) is 1. The van der Waals surface area contributed by atoms with Crippen molar-refractivity contribution in [1.29, 1.82) is 0 Å². The zero-order valence-electron chi connectivity index (χ0n) is 12.8. The predicted molar refractivity (Wildman–Crippen MR) is 82.8 cm³/mol. The molecule has 0 radical (unpaired) electrons. The normalized spacial score (nSPS) is 10.6. The minimum Gasteiger partial charge on any atom is -0.381 e. The number of rotatable bonds is 10. The fourth-order valence-electron chi connectivity index (χ4n) is 1.76. The lowest BCUT2D eigenvalue weighted by Crippen LogP contribution is -2.15. The number of aryl methyl sites for hydroxylation is 1. The van der Waals surface area contributed by atoms with Crippen molar-refractivity contribution in [2.24, 2.45) is 5.84 Å². The number of unbranched alkanes of at least 4 members (excludes halogenated alkanes) is 1. The molecule has 0 unspecified atom stereocenters. The van der Waals surface area contributed by atoms with Gasteiger partial charge in [0.15, 0.2) is 0 Å². The molecule has 6 heteroatoms. The standard InChI is InChI=1S/C14H27N5O/c1-4-6-9-20-10-7-8-16-13-11(3)14(19-15)18-12(5-2)17-13/h4-10,15H2,1-3H3,(H2,16,17,18,19). The Hall–Kier alpha value is -1.40. The van der Waals surface area contributed by atoms with E-state index in [1.165, 1.54) is 6.42 Å². The summed E-state index contributed by atoms with van der Waals surface area (Å²) in [5, 5.41) is 3.33. The van der Waals surface area contributed by atoms with Crippen LogP contribution in [0.4, 0.5) is 11.6 Å². The molecule has 4 N–H and O–H groups in total. The number of nitrogens with one attached hydrogen (secondary N) is 2. The SMILES string of the molecule is CCCCOCCCNc1nc(CC)nc(NN)c1C. The van der Waals surface area contributed by atoms with Gasteiger partial charge in [-0.3, -0.25) is 0 Å². The van der Waals surface area contributed by atoms with Gasteiger partial charge in [0, 0.05) is 31.7 Å². The summed E-state index contributed by atoms with van der Waals surface area (Å²) in [7, 11) is 0. The number of aromatic nitrogens is 2. The average Bonchev–Trinajstić information content (AvgIpc) is 2.47. The molecule has 0 amide bonds. The van der Waals surface area contributed by atoms with Crippen LogP contribution in [0.1, 0.15) is 44.5 Å². The van der Waals surface area contributed by atoms with E-state index in [1.807, 2.05) is 13.8 Å². The Morgan fingerprint density at radius 1 is 1.10 bits per heavy atom. The summed E-state index contributed by atoms with van der Waals surface area (Å²) in [5.41, 5.74) is 3.56.